The summed E-state index contributed by atoms with van der Waals surface area (Å²) < 4.78 is 0. The monoisotopic (exact) mass is 264 g/mol. The Morgan fingerprint density at radius 1 is 1.00 bits per heavy atom. The number of hydrogen-bond acceptors (Lipinski definition) is 4. The number of anilines is 1. The first kappa shape index (κ1) is 10.9. The van der Waals surface area contributed by atoms with Crippen molar-refractivity contribution in [2.75, 3.05) is 4.90 Å². The molecule has 0 radical (unpaired) electrons. The minimum atomic E-state index is -0.393. The van der Waals surface area contributed by atoms with Gasteiger partial charge in [0.05, 0.1) is 16.6 Å². The van der Waals surface area contributed by atoms with Crippen LogP contribution in [0.4, 0.5) is 5.82 Å². The van der Waals surface area contributed by atoms with Gasteiger partial charge in [-0.25, -0.2) is 4.90 Å². The quantitative estimate of drug-likeness (QED) is 0.679. The molecule has 0 spiro atoms. The third-order valence-electron chi connectivity index (χ3n) is 3.35. The van der Waals surface area contributed by atoms with Crippen LogP contribution in [0.15, 0.2) is 42.7 Å². The second-order valence-electron chi connectivity index (χ2n) is 4.46. The molecule has 1 aliphatic rings. The second-order valence-corrected chi connectivity index (χ2v) is 4.46. The zero-order valence-corrected chi connectivity index (χ0v) is 10.2. The topological polar surface area (TPSA) is 79.0 Å². The lowest BCUT2D eigenvalue weighted by atomic mass is 10.2. The number of carbonyl (C=O) groups is 2. The third kappa shape index (κ3) is 1.27. The van der Waals surface area contributed by atoms with Crippen LogP contribution in [-0.2, 0) is 0 Å². The minimum Gasteiger partial charge on any atom is -0.276 e. The van der Waals surface area contributed by atoms with Crippen LogP contribution in [-0.4, -0.2) is 27.0 Å². The molecule has 0 atom stereocenters. The molecule has 2 amide bonds. The van der Waals surface area contributed by atoms with Crippen molar-refractivity contribution >= 4 is 28.5 Å². The van der Waals surface area contributed by atoms with E-state index in [1.807, 2.05) is 24.3 Å². The van der Waals surface area contributed by atoms with Crippen LogP contribution in [0.25, 0.3) is 10.9 Å². The molecule has 96 valence electrons. The normalized spacial score (nSPS) is 14.1. The van der Waals surface area contributed by atoms with Gasteiger partial charge in [0, 0.05) is 17.8 Å². The molecule has 1 aliphatic heterocycles. The van der Waals surface area contributed by atoms with Gasteiger partial charge < -0.3 is 0 Å². The van der Waals surface area contributed by atoms with Crippen molar-refractivity contribution in [1.29, 1.82) is 0 Å². The fourth-order valence-corrected chi connectivity index (χ4v) is 2.40. The minimum absolute atomic E-state index is 0.310. The summed E-state index contributed by atoms with van der Waals surface area (Å²) in [6.07, 6.45) is 2.90. The van der Waals surface area contributed by atoms with Crippen molar-refractivity contribution in [3.05, 3.63) is 53.9 Å². The van der Waals surface area contributed by atoms with E-state index in [0.29, 0.717) is 16.9 Å². The predicted octanol–water partition coefficient (Wildman–Crippen LogP) is 1.76. The fourth-order valence-electron chi connectivity index (χ4n) is 2.40. The molecule has 2 aromatic heterocycles. The number of aromatic nitrogens is 3. The molecule has 0 bridgehead atoms. The summed E-state index contributed by atoms with van der Waals surface area (Å²) in [5, 5.41) is 7.65. The van der Waals surface area contributed by atoms with Gasteiger partial charge in [-0.05, 0) is 18.2 Å². The zero-order chi connectivity index (χ0) is 13.7. The lowest BCUT2D eigenvalue weighted by molar-refractivity contribution is 0.0925. The molecular weight excluding hydrogens is 256 g/mol. The number of para-hydroxylation sites is 1. The van der Waals surface area contributed by atoms with Crippen LogP contribution in [0, 0.1) is 0 Å². The van der Waals surface area contributed by atoms with Crippen LogP contribution < -0.4 is 4.90 Å². The average molecular weight is 264 g/mol. The molecule has 4 rings (SSSR count). The summed E-state index contributed by atoms with van der Waals surface area (Å²) >= 11 is 0. The maximum atomic E-state index is 12.4. The number of nitrogens with zero attached hydrogens (tertiary/aromatic N) is 3. The zero-order valence-electron chi connectivity index (χ0n) is 10.2. The van der Waals surface area contributed by atoms with Crippen molar-refractivity contribution in [2.24, 2.45) is 0 Å². The van der Waals surface area contributed by atoms with Gasteiger partial charge in [0.1, 0.15) is 0 Å². The van der Waals surface area contributed by atoms with Gasteiger partial charge in [0.25, 0.3) is 11.8 Å². The Morgan fingerprint density at radius 3 is 2.65 bits per heavy atom. The van der Waals surface area contributed by atoms with Crippen molar-refractivity contribution in [2.45, 2.75) is 0 Å². The number of nitrogens with one attached hydrogen (secondary N) is 1. The molecule has 0 aliphatic carbocycles. The first-order valence-electron chi connectivity index (χ1n) is 6.03. The standard InChI is InChI=1S/C14H8N4O2/c19-13-8-5-6-15-7-10(8)14(20)18(13)12-9-3-1-2-4-11(9)16-17-12/h1-7H,(H,16,17). The summed E-state index contributed by atoms with van der Waals surface area (Å²) in [7, 11) is 0. The molecule has 3 heterocycles. The van der Waals surface area contributed by atoms with Crippen molar-refractivity contribution in [1.82, 2.24) is 15.2 Å². The van der Waals surface area contributed by atoms with Gasteiger partial charge in [-0.15, -0.1) is 0 Å². The summed E-state index contributed by atoms with van der Waals surface area (Å²) in [6.45, 7) is 0. The van der Waals surface area contributed by atoms with Gasteiger partial charge in [-0.3, -0.25) is 19.7 Å². The maximum Gasteiger partial charge on any atom is 0.269 e. The largest absolute Gasteiger partial charge is 0.276 e. The smallest absolute Gasteiger partial charge is 0.269 e. The van der Waals surface area contributed by atoms with E-state index in [-0.39, 0.29) is 5.91 Å². The molecule has 1 aromatic carbocycles. The molecule has 1 N–H and O–H groups in total. The van der Waals surface area contributed by atoms with Crippen LogP contribution >= 0.6 is 0 Å². The van der Waals surface area contributed by atoms with Crippen molar-refractivity contribution in [3.8, 4) is 0 Å². The van der Waals surface area contributed by atoms with Gasteiger partial charge in [0.2, 0.25) is 0 Å². The van der Waals surface area contributed by atoms with E-state index < -0.39 is 5.91 Å². The van der Waals surface area contributed by atoms with Gasteiger partial charge in [-0.1, -0.05) is 12.1 Å². The van der Waals surface area contributed by atoms with Gasteiger partial charge in [-0.2, -0.15) is 5.10 Å². The van der Waals surface area contributed by atoms with Crippen LogP contribution in [0.1, 0.15) is 20.7 Å². The van der Waals surface area contributed by atoms with Gasteiger partial charge >= 0.3 is 0 Å². The Balaban J connectivity index is 1.93. The summed E-state index contributed by atoms with van der Waals surface area (Å²) in [6, 6.07) is 8.89. The Bertz CT molecular complexity index is 833. The van der Waals surface area contributed by atoms with Crippen LogP contribution in [0.3, 0.4) is 0 Å². The molecule has 6 nitrogen and oxygen atoms in total. The first-order valence-corrected chi connectivity index (χ1v) is 6.03. The average Bonchev–Trinajstić information content (AvgIpc) is 3.01. The second kappa shape index (κ2) is 3.74. The summed E-state index contributed by atoms with van der Waals surface area (Å²) in [4.78, 5) is 29.7. The van der Waals surface area contributed by atoms with Gasteiger partial charge in [0.15, 0.2) is 5.82 Å². The van der Waals surface area contributed by atoms with Crippen LogP contribution in [0.2, 0.25) is 0 Å². The van der Waals surface area contributed by atoms with E-state index in [4.69, 9.17) is 0 Å². The number of pyridine rings is 1. The lowest BCUT2D eigenvalue weighted by Gasteiger charge is -2.10. The third-order valence-corrected chi connectivity index (χ3v) is 3.35. The summed E-state index contributed by atoms with van der Waals surface area (Å²) in [5.41, 5.74) is 1.44. The number of amides is 2. The van der Waals surface area contributed by atoms with E-state index in [0.717, 1.165) is 15.8 Å². The Labute approximate surface area is 113 Å². The van der Waals surface area contributed by atoms with Crippen molar-refractivity contribution in [3.63, 3.8) is 0 Å². The summed E-state index contributed by atoms with van der Waals surface area (Å²) in [5.74, 6) is -0.438. The van der Waals surface area contributed by atoms with E-state index in [9.17, 15) is 9.59 Å². The molecule has 0 saturated heterocycles. The molecular formula is C14H8N4O2. The van der Waals surface area contributed by atoms with E-state index in [1.54, 1.807) is 6.07 Å². The predicted molar refractivity (Wildman–Crippen MR) is 71.5 cm³/mol. The van der Waals surface area contributed by atoms with E-state index >= 15 is 0 Å². The highest BCUT2D eigenvalue weighted by atomic mass is 16.2. The lowest BCUT2D eigenvalue weighted by Crippen LogP contribution is -2.29. The number of fused-ring (bicyclic) bond motifs is 2. The van der Waals surface area contributed by atoms with Crippen LogP contribution in [0.5, 0.6) is 0 Å². The van der Waals surface area contributed by atoms with E-state index in [1.165, 1.54) is 12.4 Å². The molecule has 0 unspecified atom stereocenters. The SMILES string of the molecule is O=C1c2ccncc2C(=O)N1c1n[nH]c2ccccc12. The molecule has 20 heavy (non-hydrogen) atoms. The van der Waals surface area contributed by atoms with E-state index in [2.05, 4.69) is 15.2 Å². The maximum absolute atomic E-state index is 12.4. The molecule has 0 fully saturated rings. The number of carbonyl (C=O) groups excluding carboxylic acids is 2. The first-order chi connectivity index (χ1) is 9.77. The fraction of sp³-hybridized carbons (Fsp3) is 0. The highest BCUT2D eigenvalue weighted by Crippen LogP contribution is 2.31. The molecule has 6 heteroatoms. The number of imide groups is 1. The number of hydrogen-bond donors (Lipinski definition) is 1. The number of benzene rings is 1. The number of rotatable bonds is 1. The number of aromatic amines is 1. The Morgan fingerprint density at radius 2 is 1.80 bits per heavy atom. The molecule has 0 saturated carbocycles. The Hall–Kier alpha value is -3.02. The molecule has 3 aromatic rings. The highest BCUT2D eigenvalue weighted by Gasteiger charge is 2.38. The Kier molecular flexibility index (Phi) is 2.03. The number of H-pyrrole nitrogens is 1. The van der Waals surface area contributed by atoms with Crippen molar-refractivity contribution < 1.29 is 9.59 Å². The highest BCUT2D eigenvalue weighted by molar-refractivity contribution is 6.35.